The molecule has 0 aliphatic heterocycles. The summed E-state index contributed by atoms with van der Waals surface area (Å²) in [6, 6.07) is 0. The Hall–Kier alpha value is 1.51. The van der Waals surface area contributed by atoms with Crippen molar-refractivity contribution in [1.82, 2.24) is 0 Å². The Labute approximate surface area is 224 Å². The molecule has 0 heterocycles. The van der Waals surface area contributed by atoms with Crippen molar-refractivity contribution in [3.05, 3.63) is 0 Å². The molecule has 6 heteroatoms. The van der Waals surface area contributed by atoms with E-state index in [-0.39, 0.29) is 57.5 Å². The van der Waals surface area contributed by atoms with Crippen molar-refractivity contribution in [3.8, 4) is 0 Å². The minimum atomic E-state index is -4.12. The summed E-state index contributed by atoms with van der Waals surface area (Å²) in [7, 11) is -4.12. The fraction of sp³-hybridized carbons (Fsp3) is 1.00. The van der Waals surface area contributed by atoms with Gasteiger partial charge in [-0.2, -0.15) is 0 Å². The summed E-state index contributed by atoms with van der Waals surface area (Å²) in [6.45, 7) is 4.19. The van der Waals surface area contributed by atoms with Gasteiger partial charge in [-0.25, -0.2) is 8.42 Å². The molecule has 0 radical (unpaired) electrons. The van der Waals surface area contributed by atoms with Crippen molar-refractivity contribution in [1.29, 1.82) is 0 Å². The van der Waals surface area contributed by atoms with Crippen LogP contribution in [0.15, 0.2) is 0 Å². The largest absolute Gasteiger partial charge is 1.00 e. The SMILES string of the molecule is CCCCC(O)CCCCCCCCCCCCCC(CCCC)S(=O)(=O)[O-].[K+]. The maximum Gasteiger partial charge on any atom is 1.00 e. The topological polar surface area (TPSA) is 77.4 Å². The van der Waals surface area contributed by atoms with Crippen LogP contribution in [0.4, 0.5) is 0 Å². The molecular formula is C23H47KO4S. The second kappa shape index (κ2) is 22.7. The molecule has 170 valence electrons. The smallest absolute Gasteiger partial charge is 0.748 e. The van der Waals surface area contributed by atoms with Crippen molar-refractivity contribution in [2.75, 3.05) is 0 Å². The van der Waals surface area contributed by atoms with Crippen LogP contribution in [0, 0.1) is 0 Å². The average Bonchev–Trinajstić information content (AvgIpc) is 2.65. The molecule has 2 atom stereocenters. The van der Waals surface area contributed by atoms with Crippen molar-refractivity contribution in [3.63, 3.8) is 0 Å². The number of unbranched alkanes of at least 4 members (excludes halogenated alkanes) is 12. The maximum absolute atomic E-state index is 11.3. The number of hydrogen-bond donors (Lipinski definition) is 1. The van der Waals surface area contributed by atoms with E-state index in [0.717, 1.165) is 57.8 Å². The van der Waals surface area contributed by atoms with E-state index >= 15 is 0 Å². The first-order valence-electron chi connectivity index (χ1n) is 12.0. The minimum absolute atomic E-state index is 0. The summed E-state index contributed by atoms with van der Waals surface area (Å²) < 4.78 is 33.8. The fourth-order valence-corrected chi connectivity index (χ4v) is 4.70. The Morgan fingerprint density at radius 1 is 0.621 bits per heavy atom. The van der Waals surface area contributed by atoms with Crippen LogP contribution in [0.1, 0.15) is 136 Å². The molecule has 0 saturated carbocycles. The summed E-state index contributed by atoms with van der Waals surface area (Å²) in [6.07, 6.45) is 20.1. The molecule has 4 nitrogen and oxygen atoms in total. The second-order valence-electron chi connectivity index (χ2n) is 8.52. The second-order valence-corrected chi connectivity index (χ2v) is 10.2. The van der Waals surface area contributed by atoms with Gasteiger partial charge < -0.3 is 9.66 Å². The molecule has 0 spiro atoms. The number of hydrogen-bond acceptors (Lipinski definition) is 4. The molecule has 0 aromatic heterocycles. The predicted octanol–water partition coefficient (Wildman–Crippen LogP) is 3.72. The Morgan fingerprint density at radius 2 is 0.931 bits per heavy atom. The molecule has 0 aromatic carbocycles. The van der Waals surface area contributed by atoms with E-state index in [1.54, 1.807) is 0 Å². The fourth-order valence-electron chi connectivity index (χ4n) is 3.79. The van der Waals surface area contributed by atoms with Crippen LogP contribution >= 0.6 is 0 Å². The monoisotopic (exact) mass is 458 g/mol. The summed E-state index contributed by atoms with van der Waals surface area (Å²) in [4.78, 5) is 0. The van der Waals surface area contributed by atoms with Crippen molar-refractivity contribution in [2.24, 2.45) is 0 Å². The van der Waals surface area contributed by atoms with Gasteiger partial charge in [0.1, 0.15) is 0 Å². The summed E-state index contributed by atoms with van der Waals surface area (Å²) in [5.41, 5.74) is 0. The molecule has 0 aliphatic rings. The zero-order valence-corrected chi connectivity index (χ0v) is 23.6. The molecule has 0 aliphatic carbocycles. The number of aliphatic hydroxyl groups excluding tert-OH is 1. The Bertz CT molecular complexity index is 429. The summed E-state index contributed by atoms with van der Waals surface area (Å²) in [5.74, 6) is 0. The maximum atomic E-state index is 11.3. The van der Waals surface area contributed by atoms with Gasteiger partial charge in [0.25, 0.3) is 0 Å². The summed E-state index contributed by atoms with van der Waals surface area (Å²) in [5, 5.41) is 9.14. The molecular weight excluding hydrogens is 411 g/mol. The Morgan fingerprint density at radius 3 is 1.34 bits per heavy atom. The predicted molar refractivity (Wildman–Crippen MR) is 119 cm³/mol. The van der Waals surface area contributed by atoms with Crippen LogP contribution in [0.25, 0.3) is 0 Å². The molecule has 1 N–H and O–H groups in total. The van der Waals surface area contributed by atoms with Crippen molar-refractivity contribution in [2.45, 2.75) is 147 Å². The minimum Gasteiger partial charge on any atom is -0.748 e. The van der Waals surface area contributed by atoms with Gasteiger partial charge in [-0.05, 0) is 25.7 Å². The van der Waals surface area contributed by atoms with E-state index in [0.29, 0.717) is 12.8 Å². The molecule has 0 amide bonds. The third-order valence-corrected chi connectivity index (χ3v) is 7.03. The van der Waals surface area contributed by atoms with Crippen LogP contribution in [0.2, 0.25) is 0 Å². The first kappa shape index (κ1) is 32.7. The van der Waals surface area contributed by atoms with Gasteiger partial charge in [0.2, 0.25) is 0 Å². The number of aliphatic hydroxyl groups is 1. The Balaban J connectivity index is 0. The zero-order valence-electron chi connectivity index (χ0n) is 19.7. The molecule has 2 unspecified atom stereocenters. The normalized spacial score (nSPS) is 13.8. The van der Waals surface area contributed by atoms with Crippen molar-refractivity contribution >= 4 is 10.1 Å². The van der Waals surface area contributed by atoms with Gasteiger partial charge in [0.15, 0.2) is 0 Å². The first-order valence-corrected chi connectivity index (χ1v) is 13.5. The van der Waals surface area contributed by atoms with Gasteiger partial charge >= 0.3 is 51.4 Å². The van der Waals surface area contributed by atoms with E-state index in [4.69, 9.17) is 0 Å². The molecule has 0 fully saturated rings. The van der Waals surface area contributed by atoms with Gasteiger partial charge in [-0.15, -0.1) is 0 Å². The van der Waals surface area contributed by atoms with Crippen LogP contribution < -0.4 is 51.4 Å². The van der Waals surface area contributed by atoms with Crippen molar-refractivity contribution < 1.29 is 69.5 Å². The molecule has 29 heavy (non-hydrogen) atoms. The van der Waals surface area contributed by atoms with Crippen LogP contribution in [0.5, 0.6) is 0 Å². The van der Waals surface area contributed by atoms with E-state index in [1.807, 2.05) is 6.92 Å². The van der Waals surface area contributed by atoms with Gasteiger partial charge in [-0.1, -0.05) is 110 Å². The van der Waals surface area contributed by atoms with E-state index in [1.165, 1.54) is 51.4 Å². The van der Waals surface area contributed by atoms with Gasteiger partial charge in [0.05, 0.1) is 16.2 Å². The zero-order chi connectivity index (χ0) is 21.1. The quantitative estimate of drug-likeness (QED) is 0.162. The average molecular weight is 459 g/mol. The summed E-state index contributed by atoms with van der Waals surface area (Å²) >= 11 is 0. The van der Waals surface area contributed by atoms with Crippen LogP contribution in [-0.4, -0.2) is 29.4 Å². The van der Waals surface area contributed by atoms with E-state index in [2.05, 4.69) is 6.92 Å². The molecule has 0 aromatic rings. The Kier molecular flexibility index (Phi) is 25.6. The third kappa shape index (κ3) is 22.5. The first-order chi connectivity index (χ1) is 13.4. The van der Waals surface area contributed by atoms with Gasteiger partial charge in [0, 0.05) is 5.25 Å². The molecule has 0 bridgehead atoms. The molecule has 0 saturated heterocycles. The van der Waals surface area contributed by atoms with E-state index in [9.17, 15) is 18.1 Å². The van der Waals surface area contributed by atoms with E-state index < -0.39 is 15.4 Å². The third-order valence-electron chi connectivity index (χ3n) is 5.74. The van der Waals surface area contributed by atoms with Crippen LogP contribution in [0.3, 0.4) is 0 Å². The van der Waals surface area contributed by atoms with Crippen LogP contribution in [-0.2, 0) is 10.1 Å². The number of rotatable bonds is 21. The standard InChI is InChI=1S/C23H48O4S.K/c1-3-5-18-22(24)19-16-14-12-10-8-7-9-11-13-15-17-21-23(20-6-4-2)28(25,26)27;/h22-24H,3-21H2,1-2H3,(H,25,26,27);/q;+1/p-1. The van der Waals surface area contributed by atoms with Gasteiger partial charge in [-0.3, -0.25) is 0 Å². The molecule has 0 rings (SSSR count).